The number of hydrogen-bond acceptors (Lipinski definition) is 6. The second-order valence-electron chi connectivity index (χ2n) is 9.07. The molecule has 0 aromatic heterocycles. The molecule has 0 radical (unpaired) electrons. The normalized spacial score (nSPS) is 22.0. The zero-order valence-electron chi connectivity index (χ0n) is 36.0. The zero-order valence-corrected chi connectivity index (χ0v) is 22.0. The minimum atomic E-state index is -2.59. The second kappa shape index (κ2) is 11.9. The van der Waals surface area contributed by atoms with Gasteiger partial charge in [-0.1, -0.05) is 48.3 Å². The zero-order chi connectivity index (χ0) is 40.5. The number of nitrogens with one attached hydrogen (secondary N) is 1. The van der Waals surface area contributed by atoms with Gasteiger partial charge in [-0.05, 0) is 54.3 Å². The maximum atomic E-state index is 13.8. The number of hydrogen-bond donors (Lipinski definition) is 1. The number of ether oxygens (including phenoxy) is 1. The highest BCUT2D eigenvalue weighted by atomic mass is 16.5. The fourth-order valence-corrected chi connectivity index (χ4v) is 4.17. The summed E-state index contributed by atoms with van der Waals surface area (Å²) in [4.78, 5) is 43.8. The highest BCUT2D eigenvalue weighted by Gasteiger charge is 2.29. The summed E-state index contributed by atoms with van der Waals surface area (Å²) in [6, 6.07) is -9.55. The summed E-state index contributed by atoms with van der Waals surface area (Å²) in [7, 11) is 3.93. The molecule has 40 heavy (non-hydrogen) atoms. The van der Waals surface area contributed by atoms with Crippen LogP contribution in [0.4, 0.5) is 11.4 Å². The third kappa shape index (κ3) is 5.83. The van der Waals surface area contributed by atoms with Crippen molar-refractivity contribution in [1.29, 1.82) is 0 Å². The van der Waals surface area contributed by atoms with Crippen LogP contribution in [0, 0.1) is 0 Å². The minimum absolute atomic E-state index is 0.204. The first kappa shape index (κ1) is 14.9. The molecular weight excluding hydrogens is 504 g/mol. The molecule has 8 heteroatoms. The van der Waals surface area contributed by atoms with Gasteiger partial charge in [-0.15, -0.1) is 0 Å². The van der Waals surface area contributed by atoms with E-state index in [2.05, 4.69) is 10.1 Å². The molecule has 0 bridgehead atoms. The molecule has 1 fully saturated rings. The molecule has 2 aliphatic rings. The molecule has 0 aliphatic carbocycles. The highest BCUT2D eigenvalue weighted by Crippen LogP contribution is 2.39. The van der Waals surface area contributed by atoms with Crippen molar-refractivity contribution >= 4 is 40.3 Å². The predicted molar refractivity (Wildman–Crippen MR) is 157 cm³/mol. The Balaban J connectivity index is 1.77. The van der Waals surface area contributed by atoms with E-state index in [1.165, 1.54) is 4.90 Å². The molecule has 0 unspecified atom stereocenters. The first-order valence-electron chi connectivity index (χ1n) is 19.3. The number of likely N-dealkylation sites (N-methyl/N-ethyl adjacent to an activating group) is 2. The number of amides is 2. The van der Waals surface area contributed by atoms with Crippen molar-refractivity contribution < 1.29 is 38.3 Å². The molecule has 3 aromatic carbocycles. The van der Waals surface area contributed by atoms with E-state index in [1.807, 2.05) is 11.9 Å². The van der Waals surface area contributed by atoms with Gasteiger partial charge in [-0.3, -0.25) is 14.5 Å². The van der Waals surface area contributed by atoms with E-state index < -0.39 is 148 Å². The first-order valence-corrected chi connectivity index (χ1v) is 12.3. The van der Waals surface area contributed by atoms with Gasteiger partial charge in [0, 0.05) is 50.2 Å². The van der Waals surface area contributed by atoms with E-state index in [0.29, 0.717) is 18.0 Å². The maximum Gasteiger partial charge on any atom is 0.337 e. The average Bonchev–Trinajstić information content (AvgIpc) is 3.49. The number of carbonyl (C=O) groups is 3. The molecule has 8 nitrogen and oxygen atoms in total. The van der Waals surface area contributed by atoms with E-state index in [-0.39, 0.29) is 13.1 Å². The molecular formula is C32H34N4O4. The van der Waals surface area contributed by atoms with Crippen LogP contribution in [0.25, 0.3) is 11.1 Å². The van der Waals surface area contributed by atoms with Crippen LogP contribution in [-0.2, 0) is 20.7 Å². The van der Waals surface area contributed by atoms with Crippen LogP contribution in [0.2, 0.25) is 0 Å². The van der Waals surface area contributed by atoms with Gasteiger partial charge in [0.1, 0.15) is 0 Å². The second-order valence-corrected chi connectivity index (χ2v) is 9.07. The number of benzene rings is 3. The topological polar surface area (TPSA) is 82.2 Å². The average molecular weight is 553 g/mol. The number of anilines is 2. The van der Waals surface area contributed by atoms with Crippen LogP contribution in [-0.4, -0.2) is 81.5 Å². The van der Waals surface area contributed by atoms with Crippen LogP contribution < -0.4 is 10.2 Å². The Labute approximate surface area is 254 Å². The van der Waals surface area contributed by atoms with Crippen LogP contribution in [0.5, 0.6) is 0 Å². The molecule has 5 rings (SSSR count). The van der Waals surface area contributed by atoms with Crippen molar-refractivity contribution in [3.63, 3.8) is 0 Å². The van der Waals surface area contributed by atoms with Gasteiger partial charge in [0.25, 0.3) is 5.91 Å². The molecule has 1 N–H and O–H groups in total. The van der Waals surface area contributed by atoms with E-state index >= 15 is 0 Å². The lowest BCUT2D eigenvalue weighted by atomic mass is 9.90. The van der Waals surface area contributed by atoms with Crippen molar-refractivity contribution in [2.45, 2.75) is 6.42 Å². The lowest BCUT2D eigenvalue weighted by Gasteiger charge is -2.32. The predicted octanol–water partition coefficient (Wildman–Crippen LogP) is 3.79. The van der Waals surface area contributed by atoms with Crippen LogP contribution in [0.15, 0.2) is 72.5 Å². The Hall–Kier alpha value is -4.27. The van der Waals surface area contributed by atoms with Gasteiger partial charge in [0.2, 0.25) is 5.91 Å². The molecule has 2 amide bonds. The quantitative estimate of drug-likeness (QED) is 0.355. The van der Waals surface area contributed by atoms with Crippen molar-refractivity contribution in [2.75, 3.05) is 64.1 Å². The fraction of sp³-hybridized carbons (Fsp3) is 0.281. The van der Waals surface area contributed by atoms with Crippen LogP contribution >= 0.6 is 0 Å². The minimum Gasteiger partial charge on any atom is -0.465 e. The molecule has 0 atom stereocenters. The molecule has 0 spiro atoms. The van der Waals surface area contributed by atoms with Crippen LogP contribution in [0.3, 0.4) is 0 Å². The Kier molecular flexibility index (Phi) is 4.42. The van der Waals surface area contributed by atoms with E-state index in [4.69, 9.17) is 19.2 Å². The molecule has 3 aromatic rings. The van der Waals surface area contributed by atoms with Gasteiger partial charge in [-0.2, -0.15) is 0 Å². The summed E-state index contributed by atoms with van der Waals surface area (Å²) in [5.41, 5.74) is -4.24. The number of carbonyl (C=O) groups excluding carboxylic acids is 3. The monoisotopic (exact) mass is 552 g/mol. The number of methoxy groups -OCH3 is 1. The number of piperazine rings is 1. The van der Waals surface area contributed by atoms with Crippen LogP contribution in [0.1, 0.15) is 46.2 Å². The summed E-state index contributed by atoms with van der Waals surface area (Å²) in [5.74, 6) is -3.39. The molecule has 2 aliphatic heterocycles. The SMILES string of the molecule is [2H]c1c([2H])c([2H])c(/C(Cc2c([2H])c([2H])c(N(C)C(=O)C([2H])([2H])N3CCN(C)CC3)c([2H])c2[2H])=C2/C(=O)Nc3c([2H])c(C(=O)OC)c([2H])c([2H])c32)c([2H])c1[2H]. The fourth-order valence-electron chi connectivity index (χ4n) is 4.17. The molecule has 2 heterocycles. The molecule has 206 valence electrons. The van der Waals surface area contributed by atoms with Gasteiger partial charge in [0.15, 0.2) is 0 Å². The lowest BCUT2D eigenvalue weighted by Crippen LogP contribution is -2.48. The highest BCUT2D eigenvalue weighted by molar-refractivity contribution is 6.37. The smallest absolute Gasteiger partial charge is 0.337 e. The summed E-state index contributed by atoms with van der Waals surface area (Å²) in [6.45, 7) is -1.23. The Bertz CT molecular complexity index is 2130. The van der Waals surface area contributed by atoms with Gasteiger partial charge in [-0.25, -0.2) is 4.79 Å². The number of esters is 1. The van der Waals surface area contributed by atoms with Crippen molar-refractivity contribution in [3.8, 4) is 0 Å². The van der Waals surface area contributed by atoms with E-state index in [9.17, 15) is 14.4 Å². The number of allylic oxidation sites excluding steroid dienone is 1. The van der Waals surface area contributed by atoms with Gasteiger partial charge >= 0.3 is 5.97 Å². The maximum absolute atomic E-state index is 13.8. The molecule has 1 saturated heterocycles. The summed E-state index contributed by atoms with van der Waals surface area (Å²) in [6.07, 6.45) is -0.843. The number of nitrogens with zero attached hydrogens (tertiary/aromatic N) is 3. The summed E-state index contributed by atoms with van der Waals surface area (Å²) >= 11 is 0. The third-order valence-corrected chi connectivity index (χ3v) is 6.44. The Morgan fingerprint density at radius 1 is 1.00 bits per heavy atom. The van der Waals surface area contributed by atoms with Crippen molar-refractivity contribution in [1.82, 2.24) is 9.80 Å². The standard InChI is InChI=1S/C32H34N4O4/c1-34-15-17-36(18-16-34)21-29(37)35(2)25-12-9-22(10-13-25)19-27(23-7-5-4-6-8-23)30-26-14-11-24(32(39)40-3)20-28(26)33-31(30)38/h4-14,20H,15-19,21H2,1-3H3,(H,33,38)/b30-27+/i4D,5D,6D,7D,8D,9D,10D,11D,12D,13D,14D,20D,21D2. The molecule has 0 saturated carbocycles. The van der Waals surface area contributed by atoms with Gasteiger partial charge < -0.3 is 19.9 Å². The summed E-state index contributed by atoms with van der Waals surface area (Å²) < 4.78 is 125. The third-order valence-electron chi connectivity index (χ3n) is 6.44. The van der Waals surface area contributed by atoms with Crippen molar-refractivity contribution in [2.24, 2.45) is 0 Å². The van der Waals surface area contributed by atoms with E-state index in [0.717, 1.165) is 14.2 Å². The Morgan fingerprint density at radius 3 is 2.38 bits per heavy atom. The van der Waals surface area contributed by atoms with E-state index in [1.54, 1.807) is 0 Å². The Morgan fingerprint density at radius 2 is 1.70 bits per heavy atom. The summed E-state index contributed by atoms with van der Waals surface area (Å²) in [5, 5.41) is 2.35. The number of fused-ring (bicyclic) bond motifs is 1. The lowest BCUT2D eigenvalue weighted by molar-refractivity contribution is -0.119. The largest absolute Gasteiger partial charge is 0.465 e. The first-order chi connectivity index (χ1) is 25.1. The van der Waals surface area contributed by atoms with Gasteiger partial charge in [0.05, 0.1) is 43.9 Å². The number of rotatable bonds is 7. The van der Waals surface area contributed by atoms with Crippen molar-refractivity contribution in [3.05, 3.63) is 94.8 Å².